The molecule has 0 heterocycles. The minimum atomic E-state index is -0.167. The van der Waals surface area contributed by atoms with E-state index in [4.69, 9.17) is 20.4 Å². The molecule has 4 N–H and O–H groups in total. The quantitative estimate of drug-likeness (QED) is 0.424. The minimum absolute atomic E-state index is 0. The van der Waals surface area contributed by atoms with E-state index in [2.05, 4.69) is 0 Å². The number of rotatable bonds is 0. The van der Waals surface area contributed by atoms with Crippen molar-refractivity contribution in [3.05, 3.63) is 91.0 Å². The van der Waals surface area contributed by atoms with Gasteiger partial charge in [-0.05, 0) is 50.2 Å². The van der Waals surface area contributed by atoms with Crippen LogP contribution in [0.2, 0.25) is 0 Å². The van der Waals surface area contributed by atoms with Crippen LogP contribution in [-0.2, 0) is 21.7 Å². The normalized spacial score (nSPS) is 8.31. The summed E-state index contributed by atoms with van der Waals surface area (Å²) in [5.74, 6) is 0.965. The average Bonchev–Trinajstić information content (AvgIpc) is 2.58. The van der Waals surface area contributed by atoms with E-state index < -0.39 is 0 Å². The molecule has 3 aromatic carbocycles. The third kappa shape index (κ3) is 19.8. The van der Waals surface area contributed by atoms with E-state index in [0.29, 0.717) is 17.2 Å². The van der Waals surface area contributed by atoms with Crippen LogP contribution in [0.3, 0.4) is 0 Å². The Labute approximate surface area is 170 Å². The maximum atomic E-state index is 8.63. The first-order valence-corrected chi connectivity index (χ1v) is 7.82. The van der Waals surface area contributed by atoms with Crippen molar-refractivity contribution in [3.8, 4) is 17.2 Å². The molecule has 0 spiro atoms. The predicted octanol–water partition coefficient (Wildman–Crippen LogP) is 4.56. The molecule has 0 atom stereocenters. The zero-order chi connectivity index (χ0) is 18.9. The van der Waals surface area contributed by atoms with Gasteiger partial charge in [0.05, 0.1) is 0 Å². The number of phenolic OH excluding ortho intramolecular Hbond substituents is 3. The van der Waals surface area contributed by atoms with Gasteiger partial charge in [0, 0.05) is 27.8 Å². The molecule has 0 saturated carbocycles. The van der Waals surface area contributed by atoms with Crippen molar-refractivity contribution >= 4 is 0 Å². The molecule has 5 heteroatoms. The van der Waals surface area contributed by atoms with Gasteiger partial charge in [0.1, 0.15) is 17.2 Å². The van der Waals surface area contributed by atoms with Crippen molar-refractivity contribution in [1.82, 2.24) is 0 Å². The van der Waals surface area contributed by atoms with Crippen molar-refractivity contribution < 1.29 is 42.1 Å². The number of benzene rings is 3. The van der Waals surface area contributed by atoms with Gasteiger partial charge in [0.25, 0.3) is 0 Å². The van der Waals surface area contributed by atoms with Crippen LogP contribution in [0.25, 0.3) is 0 Å². The molecule has 0 saturated heterocycles. The standard InChI is InChI=1S/3C6H6O.C3H8O.Ti/c3*7-6-4-2-1-3-5-6;1-3(2)4;/h3*1-5,7H;3-4H,1-2H3;. The largest absolute Gasteiger partial charge is 0.508 e. The van der Waals surface area contributed by atoms with Crippen LogP contribution in [0, 0.1) is 0 Å². The van der Waals surface area contributed by atoms with Crippen LogP contribution in [-0.4, -0.2) is 26.5 Å². The third-order valence-corrected chi connectivity index (χ3v) is 2.27. The van der Waals surface area contributed by atoms with E-state index in [1.54, 1.807) is 86.6 Å². The summed E-state index contributed by atoms with van der Waals surface area (Å²) in [6.45, 7) is 3.44. The van der Waals surface area contributed by atoms with Crippen molar-refractivity contribution in [2.45, 2.75) is 20.0 Å². The third-order valence-electron chi connectivity index (χ3n) is 2.27. The molecule has 0 aromatic heterocycles. The molecule has 0 bridgehead atoms. The Morgan fingerprint density at radius 1 is 0.500 bits per heavy atom. The fourth-order valence-corrected chi connectivity index (χ4v) is 1.28. The van der Waals surface area contributed by atoms with Crippen molar-refractivity contribution in [3.63, 3.8) is 0 Å². The van der Waals surface area contributed by atoms with Gasteiger partial charge in [0.15, 0.2) is 0 Å². The summed E-state index contributed by atoms with van der Waals surface area (Å²) in [6, 6.07) is 26.1. The average molecular weight is 390 g/mol. The first kappa shape index (κ1) is 26.0. The number of aliphatic hydroxyl groups is 1. The van der Waals surface area contributed by atoms with Crippen molar-refractivity contribution in [1.29, 1.82) is 0 Å². The van der Waals surface area contributed by atoms with Crippen LogP contribution in [0.4, 0.5) is 0 Å². The Kier molecular flexibility index (Phi) is 17.5. The Morgan fingerprint density at radius 3 is 0.731 bits per heavy atom. The van der Waals surface area contributed by atoms with Gasteiger partial charge in [-0.1, -0.05) is 54.6 Å². The van der Waals surface area contributed by atoms with E-state index >= 15 is 0 Å². The first-order valence-electron chi connectivity index (χ1n) is 7.82. The Morgan fingerprint density at radius 2 is 0.654 bits per heavy atom. The van der Waals surface area contributed by atoms with Crippen LogP contribution in [0.1, 0.15) is 13.8 Å². The van der Waals surface area contributed by atoms with Crippen LogP contribution < -0.4 is 0 Å². The number of para-hydroxylation sites is 3. The second-order valence-electron chi connectivity index (χ2n) is 5.10. The second-order valence-corrected chi connectivity index (χ2v) is 5.10. The summed E-state index contributed by atoms with van der Waals surface area (Å²) in [6.07, 6.45) is -0.167. The summed E-state index contributed by atoms with van der Waals surface area (Å²) >= 11 is 0. The molecule has 0 aliphatic rings. The fourth-order valence-electron chi connectivity index (χ4n) is 1.28. The topological polar surface area (TPSA) is 80.9 Å². The van der Waals surface area contributed by atoms with Crippen LogP contribution >= 0.6 is 0 Å². The molecular formula is C21H26O4Ti. The molecule has 0 aliphatic heterocycles. The number of aliphatic hydroxyl groups excluding tert-OH is 1. The maximum Gasteiger partial charge on any atom is 0.115 e. The molecule has 0 radical (unpaired) electrons. The first-order chi connectivity index (χ1) is 11.9. The molecule has 3 aromatic rings. The van der Waals surface area contributed by atoms with Gasteiger partial charge in [-0.15, -0.1) is 0 Å². The number of aromatic hydroxyl groups is 3. The van der Waals surface area contributed by atoms with Gasteiger partial charge >= 0.3 is 0 Å². The molecule has 26 heavy (non-hydrogen) atoms. The SMILES string of the molecule is CC(C)O.Oc1ccccc1.Oc1ccccc1.Oc1ccccc1.[Ti]. The van der Waals surface area contributed by atoms with Crippen molar-refractivity contribution in [2.24, 2.45) is 0 Å². The summed E-state index contributed by atoms with van der Waals surface area (Å²) in [7, 11) is 0. The van der Waals surface area contributed by atoms with E-state index in [9.17, 15) is 0 Å². The zero-order valence-corrected chi connectivity index (χ0v) is 16.6. The van der Waals surface area contributed by atoms with Crippen LogP contribution in [0.15, 0.2) is 91.0 Å². The number of hydrogen-bond donors (Lipinski definition) is 4. The molecule has 3 rings (SSSR count). The summed E-state index contributed by atoms with van der Waals surface area (Å²) < 4.78 is 0. The fraction of sp³-hybridized carbons (Fsp3) is 0.143. The van der Waals surface area contributed by atoms with Gasteiger partial charge in [-0.3, -0.25) is 0 Å². The smallest absolute Gasteiger partial charge is 0.115 e. The van der Waals surface area contributed by atoms with E-state index in [1.165, 1.54) is 0 Å². The molecule has 138 valence electrons. The molecule has 4 nitrogen and oxygen atoms in total. The van der Waals surface area contributed by atoms with Crippen LogP contribution in [0.5, 0.6) is 17.2 Å². The van der Waals surface area contributed by atoms with Gasteiger partial charge in [-0.25, -0.2) is 0 Å². The second kappa shape index (κ2) is 17.6. The summed E-state index contributed by atoms with van der Waals surface area (Å²) in [5, 5.41) is 34.0. The summed E-state index contributed by atoms with van der Waals surface area (Å²) in [5.41, 5.74) is 0. The zero-order valence-electron chi connectivity index (χ0n) is 15.0. The molecule has 0 unspecified atom stereocenters. The summed E-state index contributed by atoms with van der Waals surface area (Å²) in [4.78, 5) is 0. The Hall–Kier alpha value is -2.27. The van der Waals surface area contributed by atoms with E-state index in [-0.39, 0.29) is 27.8 Å². The maximum absolute atomic E-state index is 8.63. The van der Waals surface area contributed by atoms with Gasteiger partial charge < -0.3 is 20.4 Å². The van der Waals surface area contributed by atoms with Crippen molar-refractivity contribution in [2.75, 3.05) is 0 Å². The van der Waals surface area contributed by atoms with E-state index in [1.807, 2.05) is 18.2 Å². The molecule has 0 amide bonds. The molecular weight excluding hydrogens is 364 g/mol. The molecule has 0 fully saturated rings. The predicted molar refractivity (Wildman–Crippen MR) is 102 cm³/mol. The number of phenols is 3. The molecule has 0 aliphatic carbocycles. The monoisotopic (exact) mass is 390 g/mol. The Bertz CT molecular complexity index is 540. The number of hydrogen-bond acceptors (Lipinski definition) is 4. The minimum Gasteiger partial charge on any atom is -0.508 e. The van der Waals surface area contributed by atoms with Gasteiger partial charge in [-0.2, -0.15) is 0 Å². The van der Waals surface area contributed by atoms with Gasteiger partial charge in [0.2, 0.25) is 0 Å². The van der Waals surface area contributed by atoms with E-state index in [0.717, 1.165) is 0 Å². The Balaban J connectivity index is 0.